The molecule has 0 aromatic heterocycles. The predicted molar refractivity (Wildman–Crippen MR) is 93.6 cm³/mol. The summed E-state index contributed by atoms with van der Waals surface area (Å²) in [5.74, 6) is 1.10. The van der Waals surface area contributed by atoms with E-state index in [0.717, 1.165) is 29.7 Å². The molecule has 0 amide bonds. The molecule has 2 aromatic carbocycles. The molecule has 22 heavy (non-hydrogen) atoms. The van der Waals surface area contributed by atoms with Crippen LogP contribution in [-0.4, -0.2) is 24.5 Å². The predicted octanol–water partition coefficient (Wildman–Crippen LogP) is 5.11. The first-order valence-electron chi connectivity index (χ1n) is 7.64. The van der Waals surface area contributed by atoms with Crippen molar-refractivity contribution in [2.24, 2.45) is 5.92 Å². The molecule has 2 bridgehead atoms. The van der Waals surface area contributed by atoms with Crippen molar-refractivity contribution in [1.82, 2.24) is 4.90 Å². The Morgan fingerprint density at radius 2 is 1.36 bits per heavy atom. The van der Waals surface area contributed by atoms with Gasteiger partial charge in [-0.3, -0.25) is 4.90 Å². The van der Waals surface area contributed by atoms with E-state index in [4.69, 9.17) is 23.2 Å². The van der Waals surface area contributed by atoms with Crippen molar-refractivity contribution in [2.75, 3.05) is 19.6 Å². The lowest BCUT2D eigenvalue weighted by atomic mass is 9.80. The highest BCUT2D eigenvalue weighted by molar-refractivity contribution is 6.30. The normalized spacial score (nSPS) is 26.8. The Hall–Kier alpha value is -1.28. The summed E-state index contributed by atoms with van der Waals surface area (Å²) in [7, 11) is 0. The van der Waals surface area contributed by atoms with Gasteiger partial charge in [-0.2, -0.15) is 0 Å². The molecule has 2 aliphatic rings. The molecule has 1 fully saturated rings. The van der Waals surface area contributed by atoms with Crippen LogP contribution in [-0.2, 0) is 0 Å². The molecular formula is C19H17Cl2N. The largest absolute Gasteiger partial charge is 0.298 e. The molecule has 4 rings (SSSR count). The summed E-state index contributed by atoms with van der Waals surface area (Å²) >= 11 is 12.1. The Morgan fingerprint density at radius 1 is 0.773 bits per heavy atom. The summed E-state index contributed by atoms with van der Waals surface area (Å²) in [4.78, 5) is 2.53. The third kappa shape index (κ3) is 2.58. The number of fused-ring (bicyclic) bond motifs is 2. The average Bonchev–Trinajstić information content (AvgIpc) is 2.87. The molecule has 2 heterocycles. The topological polar surface area (TPSA) is 3.24 Å². The number of benzene rings is 2. The molecule has 1 saturated heterocycles. The van der Waals surface area contributed by atoms with Crippen LogP contribution in [0.25, 0.3) is 5.57 Å². The first-order valence-corrected chi connectivity index (χ1v) is 8.40. The summed E-state index contributed by atoms with van der Waals surface area (Å²) in [5.41, 5.74) is 4.15. The summed E-state index contributed by atoms with van der Waals surface area (Å²) in [5, 5.41) is 1.60. The lowest BCUT2D eigenvalue weighted by Crippen LogP contribution is -2.24. The van der Waals surface area contributed by atoms with Crippen LogP contribution in [0, 0.1) is 5.92 Å². The standard InChI is InChI=1S/C19H17Cl2N/c20-15-5-1-13(2-6-15)17-9-10-22-11-18(19(17)12-22)14-3-7-16(21)8-4-14/h1-9,18-19H,10-12H2/t18-,19?/m0/s1. The minimum Gasteiger partial charge on any atom is -0.298 e. The van der Waals surface area contributed by atoms with Crippen molar-refractivity contribution in [1.29, 1.82) is 0 Å². The third-order valence-electron chi connectivity index (χ3n) is 4.84. The zero-order chi connectivity index (χ0) is 15.1. The lowest BCUT2D eigenvalue weighted by molar-refractivity contribution is 0.360. The van der Waals surface area contributed by atoms with Crippen molar-refractivity contribution < 1.29 is 0 Å². The number of halogens is 2. The second-order valence-corrected chi connectivity index (χ2v) is 7.02. The van der Waals surface area contributed by atoms with Crippen LogP contribution in [0.1, 0.15) is 17.0 Å². The number of hydrogen-bond acceptors (Lipinski definition) is 1. The molecule has 2 aromatic rings. The average molecular weight is 330 g/mol. The van der Waals surface area contributed by atoms with Crippen LogP contribution in [0.4, 0.5) is 0 Å². The number of hydrogen-bond donors (Lipinski definition) is 0. The van der Waals surface area contributed by atoms with Gasteiger partial charge in [0.1, 0.15) is 0 Å². The van der Waals surface area contributed by atoms with Gasteiger partial charge in [-0.1, -0.05) is 53.5 Å². The Morgan fingerprint density at radius 3 is 2.05 bits per heavy atom. The van der Waals surface area contributed by atoms with E-state index in [1.807, 2.05) is 24.3 Å². The van der Waals surface area contributed by atoms with Gasteiger partial charge < -0.3 is 0 Å². The van der Waals surface area contributed by atoms with Gasteiger partial charge >= 0.3 is 0 Å². The fraction of sp³-hybridized carbons (Fsp3) is 0.263. The summed E-state index contributed by atoms with van der Waals surface area (Å²) in [6.07, 6.45) is 2.38. The quantitative estimate of drug-likeness (QED) is 0.740. The molecular weight excluding hydrogens is 313 g/mol. The van der Waals surface area contributed by atoms with Gasteiger partial charge in [-0.05, 0) is 41.0 Å². The SMILES string of the molecule is Clc1ccc(C2=CCN3CC2[C@H](c2ccc(Cl)cc2)C3)cc1. The summed E-state index contributed by atoms with van der Waals surface area (Å²) in [6.45, 7) is 3.31. The van der Waals surface area contributed by atoms with Crippen LogP contribution < -0.4 is 0 Å². The highest BCUT2D eigenvalue weighted by Gasteiger charge is 2.38. The van der Waals surface area contributed by atoms with Gasteiger partial charge in [0.25, 0.3) is 0 Å². The second kappa shape index (κ2) is 5.73. The zero-order valence-corrected chi connectivity index (χ0v) is 13.7. The Bertz CT molecular complexity index is 703. The minimum absolute atomic E-state index is 0.543. The maximum absolute atomic E-state index is 6.03. The van der Waals surface area contributed by atoms with Crippen LogP contribution in [0.5, 0.6) is 0 Å². The number of nitrogens with zero attached hydrogens (tertiary/aromatic N) is 1. The van der Waals surface area contributed by atoms with Crippen LogP contribution >= 0.6 is 23.2 Å². The second-order valence-electron chi connectivity index (χ2n) is 6.15. The first-order chi connectivity index (χ1) is 10.7. The molecule has 0 spiro atoms. The lowest BCUT2D eigenvalue weighted by Gasteiger charge is -2.25. The zero-order valence-electron chi connectivity index (χ0n) is 12.2. The van der Waals surface area contributed by atoms with Gasteiger partial charge in [0, 0.05) is 41.5 Å². The minimum atomic E-state index is 0.543. The van der Waals surface area contributed by atoms with Crippen molar-refractivity contribution in [2.45, 2.75) is 5.92 Å². The Balaban J connectivity index is 1.68. The molecule has 3 atom stereocenters. The van der Waals surface area contributed by atoms with E-state index in [1.54, 1.807) is 0 Å². The van der Waals surface area contributed by atoms with E-state index in [2.05, 4.69) is 35.2 Å². The van der Waals surface area contributed by atoms with Gasteiger partial charge in [-0.15, -0.1) is 0 Å². The third-order valence-corrected chi connectivity index (χ3v) is 5.34. The number of rotatable bonds is 2. The highest BCUT2D eigenvalue weighted by Crippen LogP contribution is 2.43. The van der Waals surface area contributed by atoms with Crippen LogP contribution in [0.2, 0.25) is 10.0 Å². The van der Waals surface area contributed by atoms with Crippen LogP contribution in [0.15, 0.2) is 54.6 Å². The van der Waals surface area contributed by atoms with E-state index in [-0.39, 0.29) is 0 Å². The van der Waals surface area contributed by atoms with Gasteiger partial charge in [-0.25, -0.2) is 0 Å². The smallest absolute Gasteiger partial charge is 0.0406 e. The van der Waals surface area contributed by atoms with Gasteiger partial charge in [0.2, 0.25) is 0 Å². The van der Waals surface area contributed by atoms with Crippen molar-refractivity contribution >= 4 is 28.8 Å². The van der Waals surface area contributed by atoms with Crippen molar-refractivity contribution in [3.8, 4) is 0 Å². The van der Waals surface area contributed by atoms with Crippen LogP contribution in [0.3, 0.4) is 0 Å². The van der Waals surface area contributed by atoms with Gasteiger partial charge in [0.15, 0.2) is 0 Å². The van der Waals surface area contributed by atoms with Gasteiger partial charge in [0.05, 0.1) is 0 Å². The maximum atomic E-state index is 6.03. The molecule has 0 N–H and O–H groups in total. The fourth-order valence-corrected chi connectivity index (χ4v) is 4.00. The molecule has 0 aliphatic carbocycles. The van der Waals surface area contributed by atoms with Crippen molar-refractivity contribution in [3.63, 3.8) is 0 Å². The summed E-state index contributed by atoms with van der Waals surface area (Å²) < 4.78 is 0. The van der Waals surface area contributed by atoms with E-state index < -0.39 is 0 Å². The summed E-state index contributed by atoms with van der Waals surface area (Å²) in [6, 6.07) is 16.6. The van der Waals surface area contributed by atoms with E-state index in [1.165, 1.54) is 16.7 Å². The molecule has 2 aliphatic heterocycles. The van der Waals surface area contributed by atoms with E-state index >= 15 is 0 Å². The molecule has 2 unspecified atom stereocenters. The highest BCUT2D eigenvalue weighted by atomic mass is 35.5. The molecule has 0 saturated carbocycles. The Labute approximate surface area is 141 Å². The molecule has 112 valence electrons. The monoisotopic (exact) mass is 329 g/mol. The first kappa shape index (κ1) is 14.3. The van der Waals surface area contributed by atoms with Crippen molar-refractivity contribution in [3.05, 3.63) is 75.8 Å². The van der Waals surface area contributed by atoms with E-state index in [0.29, 0.717) is 11.8 Å². The molecule has 0 radical (unpaired) electrons. The molecule has 3 heteroatoms. The maximum Gasteiger partial charge on any atom is 0.0406 e. The fourth-order valence-electron chi connectivity index (χ4n) is 3.75. The molecule has 1 nitrogen and oxygen atoms in total. The Kier molecular flexibility index (Phi) is 3.73. The van der Waals surface area contributed by atoms with E-state index in [9.17, 15) is 0 Å².